The van der Waals surface area contributed by atoms with Crippen molar-refractivity contribution in [2.45, 2.75) is 13.3 Å². The molecule has 14 heavy (non-hydrogen) atoms. The first-order valence-electron chi connectivity index (χ1n) is 4.61. The first kappa shape index (κ1) is 8.87. The van der Waals surface area contributed by atoms with Gasteiger partial charge < -0.3 is 4.57 Å². The molecule has 0 fully saturated rings. The van der Waals surface area contributed by atoms with Crippen molar-refractivity contribution in [3.63, 3.8) is 0 Å². The van der Waals surface area contributed by atoms with Gasteiger partial charge in [0.15, 0.2) is 5.82 Å². The van der Waals surface area contributed by atoms with Crippen molar-refractivity contribution in [3.05, 3.63) is 30.4 Å². The molecule has 4 nitrogen and oxygen atoms in total. The molecule has 0 amide bonds. The zero-order chi connectivity index (χ0) is 9.97. The number of rotatable bonds is 2. The molecule has 2 aromatic rings. The molecule has 2 aromatic heterocycles. The highest BCUT2D eigenvalue weighted by Crippen LogP contribution is 2.15. The number of nitrogens with zero attached hydrogens (tertiary/aromatic N) is 4. The number of aromatic nitrogens is 4. The lowest BCUT2D eigenvalue weighted by Gasteiger charge is -2.01. The highest BCUT2D eigenvalue weighted by atomic mass is 15.3. The van der Waals surface area contributed by atoms with Crippen LogP contribution >= 0.6 is 0 Å². The molecule has 0 aliphatic heterocycles. The number of hydrogen-bond acceptors (Lipinski definition) is 3. The minimum atomic E-state index is 0.870. The van der Waals surface area contributed by atoms with Gasteiger partial charge in [-0.05, 0) is 12.1 Å². The molecule has 2 rings (SSSR count). The summed E-state index contributed by atoms with van der Waals surface area (Å²) in [7, 11) is 1.97. The van der Waals surface area contributed by atoms with Gasteiger partial charge in [0.2, 0.25) is 0 Å². The highest BCUT2D eigenvalue weighted by Gasteiger charge is 2.08. The maximum Gasteiger partial charge on any atom is 0.165 e. The van der Waals surface area contributed by atoms with Gasteiger partial charge in [-0.1, -0.05) is 6.92 Å². The van der Waals surface area contributed by atoms with Crippen LogP contribution < -0.4 is 0 Å². The maximum absolute atomic E-state index is 4.13. The Morgan fingerprint density at radius 3 is 2.79 bits per heavy atom. The van der Waals surface area contributed by atoms with Crippen LogP contribution in [0.25, 0.3) is 11.4 Å². The SMILES string of the molecule is CCc1nnc(-c2cccnc2)n1C. The Balaban J connectivity index is 2.48. The second-order valence-electron chi connectivity index (χ2n) is 3.09. The summed E-state index contributed by atoms with van der Waals surface area (Å²) < 4.78 is 2.00. The van der Waals surface area contributed by atoms with Crippen molar-refractivity contribution in [3.8, 4) is 11.4 Å². The molecule has 0 N–H and O–H groups in total. The second-order valence-corrected chi connectivity index (χ2v) is 3.09. The van der Waals surface area contributed by atoms with Gasteiger partial charge in [-0.15, -0.1) is 10.2 Å². The molecule has 0 spiro atoms. The van der Waals surface area contributed by atoms with E-state index in [-0.39, 0.29) is 0 Å². The van der Waals surface area contributed by atoms with Crippen LogP contribution in [0.5, 0.6) is 0 Å². The van der Waals surface area contributed by atoms with Crippen LogP contribution in [-0.2, 0) is 13.5 Å². The van der Waals surface area contributed by atoms with E-state index in [0.717, 1.165) is 23.6 Å². The van der Waals surface area contributed by atoms with Crippen LogP contribution in [0.15, 0.2) is 24.5 Å². The monoisotopic (exact) mass is 188 g/mol. The first-order valence-corrected chi connectivity index (χ1v) is 4.61. The Kier molecular flexibility index (Phi) is 2.26. The van der Waals surface area contributed by atoms with Crippen molar-refractivity contribution in [1.29, 1.82) is 0 Å². The molecule has 72 valence electrons. The van der Waals surface area contributed by atoms with Crippen LogP contribution in [0.4, 0.5) is 0 Å². The van der Waals surface area contributed by atoms with Gasteiger partial charge in [0.25, 0.3) is 0 Å². The number of aryl methyl sites for hydroxylation is 1. The summed E-state index contributed by atoms with van der Waals surface area (Å²) in [6, 6.07) is 3.88. The van der Waals surface area contributed by atoms with Gasteiger partial charge in [0, 0.05) is 31.4 Å². The van der Waals surface area contributed by atoms with E-state index in [1.54, 1.807) is 12.4 Å². The summed E-state index contributed by atoms with van der Waals surface area (Å²) in [5.41, 5.74) is 1.00. The van der Waals surface area contributed by atoms with Crippen LogP contribution in [0.1, 0.15) is 12.7 Å². The fourth-order valence-electron chi connectivity index (χ4n) is 1.42. The maximum atomic E-state index is 4.13. The Morgan fingerprint density at radius 2 is 2.21 bits per heavy atom. The van der Waals surface area contributed by atoms with E-state index in [0.29, 0.717) is 0 Å². The van der Waals surface area contributed by atoms with E-state index in [4.69, 9.17) is 0 Å². The Bertz CT molecular complexity index is 419. The van der Waals surface area contributed by atoms with Gasteiger partial charge in [0.05, 0.1) is 0 Å². The summed E-state index contributed by atoms with van der Waals surface area (Å²) in [5, 5.41) is 8.23. The number of pyridine rings is 1. The summed E-state index contributed by atoms with van der Waals surface area (Å²) >= 11 is 0. The Hall–Kier alpha value is -1.71. The summed E-state index contributed by atoms with van der Waals surface area (Å²) in [6.07, 6.45) is 4.44. The van der Waals surface area contributed by atoms with Gasteiger partial charge in [0.1, 0.15) is 5.82 Å². The Morgan fingerprint density at radius 1 is 1.36 bits per heavy atom. The Labute approximate surface area is 82.6 Å². The average molecular weight is 188 g/mol. The minimum Gasteiger partial charge on any atom is -0.314 e. The van der Waals surface area contributed by atoms with Gasteiger partial charge in [-0.3, -0.25) is 4.98 Å². The molecule has 0 unspecified atom stereocenters. The molecule has 0 aliphatic carbocycles. The van der Waals surface area contributed by atoms with Crippen molar-refractivity contribution < 1.29 is 0 Å². The smallest absolute Gasteiger partial charge is 0.165 e. The second kappa shape index (κ2) is 3.57. The summed E-state index contributed by atoms with van der Waals surface area (Å²) in [6.45, 7) is 2.07. The molecule has 0 atom stereocenters. The molecule has 4 heteroatoms. The fraction of sp³-hybridized carbons (Fsp3) is 0.300. The zero-order valence-corrected chi connectivity index (χ0v) is 8.31. The third-order valence-corrected chi connectivity index (χ3v) is 2.20. The van der Waals surface area contributed by atoms with E-state index >= 15 is 0 Å². The standard InChI is InChI=1S/C10H12N4/c1-3-9-12-13-10(14(9)2)8-5-4-6-11-7-8/h4-7H,3H2,1-2H3. The van der Waals surface area contributed by atoms with Crippen LogP contribution in [-0.4, -0.2) is 19.7 Å². The predicted molar refractivity (Wildman–Crippen MR) is 53.6 cm³/mol. The topological polar surface area (TPSA) is 43.6 Å². The normalized spacial score (nSPS) is 10.4. The van der Waals surface area contributed by atoms with Crippen molar-refractivity contribution in [2.24, 2.45) is 7.05 Å². The van der Waals surface area contributed by atoms with Gasteiger partial charge in [-0.25, -0.2) is 0 Å². The molecule has 0 aromatic carbocycles. The third-order valence-electron chi connectivity index (χ3n) is 2.20. The molecule has 0 saturated heterocycles. The van der Waals surface area contributed by atoms with E-state index in [1.165, 1.54) is 0 Å². The molecular formula is C10H12N4. The number of hydrogen-bond donors (Lipinski definition) is 0. The van der Waals surface area contributed by atoms with Crippen molar-refractivity contribution in [1.82, 2.24) is 19.7 Å². The van der Waals surface area contributed by atoms with Gasteiger partial charge >= 0.3 is 0 Å². The average Bonchev–Trinajstić information content (AvgIpc) is 2.61. The van der Waals surface area contributed by atoms with Crippen molar-refractivity contribution >= 4 is 0 Å². The largest absolute Gasteiger partial charge is 0.314 e. The molecular weight excluding hydrogens is 176 g/mol. The lowest BCUT2D eigenvalue weighted by Crippen LogP contribution is -1.97. The van der Waals surface area contributed by atoms with Crippen LogP contribution in [0, 0.1) is 0 Å². The van der Waals surface area contributed by atoms with E-state index in [2.05, 4.69) is 22.1 Å². The molecule has 0 saturated carbocycles. The highest BCUT2D eigenvalue weighted by molar-refractivity contribution is 5.53. The third kappa shape index (κ3) is 1.39. The molecule has 0 bridgehead atoms. The predicted octanol–water partition coefficient (Wildman–Crippen LogP) is 1.44. The van der Waals surface area contributed by atoms with Gasteiger partial charge in [-0.2, -0.15) is 0 Å². The minimum absolute atomic E-state index is 0.870. The first-order chi connectivity index (χ1) is 6.83. The molecule has 2 heterocycles. The van der Waals surface area contributed by atoms with Crippen LogP contribution in [0.3, 0.4) is 0 Å². The lowest BCUT2D eigenvalue weighted by molar-refractivity contribution is 0.811. The molecule has 0 radical (unpaired) electrons. The van der Waals surface area contributed by atoms with E-state index in [1.807, 2.05) is 23.7 Å². The quantitative estimate of drug-likeness (QED) is 0.716. The lowest BCUT2D eigenvalue weighted by atomic mass is 10.3. The summed E-state index contributed by atoms with van der Waals surface area (Å²) in [4.78, 5) is 4.06. The van der Waals surface area contributed by atoms with Crippen LogP contribution in [0.2, 0.25) is 0 Å². The summed E-state index contributed by atoms with van der Waals surface area (Å²) in [5.74, 6) is 1.86. The fourth-order valence-corrected chi connectivity index (χ4v) is 1.42. The van der Waals surface area contributed by atoms with Crippen molar-refractivity contribution in [2.75, 3.05) is 0 Å². The molecule has 0 aliphatic rings. The van der Waals surface area contributed by atoms with E-state index < -0.39 is 0 Å². The van der Waals surface area contributed by atoms with E-state index in [9.17, 15) is 0 Å². The zero-order valence-electron chi connectivity index (χ0n) is 8.31.